The molecular formula is C25H28N2O2S. The van der Waals surface area contributed by atoms with E-state index in [4.69, 9.17) is 0 Å². The second-order valence-corrected chi connectivity index (χ2v) is 9.81. The molecule has 0 N–H and O–H groups in total. The lowest BCUT2D eigenvalue weighted by Crippen LogP contribution is -2.42. The number of rotatable bonds is 2. The summed E-state index contributed by atoms with van der Waals surface area (Å²) < 4.78 is 0. The number of fused-ring (bicyclic) bond motifs is 1. The Kier molecular flexibility index (Phi) is 5.74. The van der Waals surface area contributed by atoms with Crippen molar-refractivity contribution in [2.75, 3.05) is 25.0 Å². The van der Waals surface area contributed by atoms with E-state index in [1.54, 1.807) is 11.9 Å². The van der Waals surface area contributed by atoms with E-state index in [1.165, 1.54) is 11.8 Å². The maximum Gasteiger partial charge on any atom is 0.264 e. The molecule has 0 radical (unpaired) electrons. The smallest absolute Gasteiger partial charge is 0.264 e. The van der Waals surface area contributed by atoms with Crippen LogP contribution in [0.1, 0.15) is 41.8 Å². The van der Waals surface area contributed by atoms with Crippen LogP contribution in [0.25, 0.3) is 6.08 Å². The van der Waals surface area contributed by atoms with Gasteiger partial charge < -0.3 is 9.80 Å². The number of hydrogen-bond acceptors (Lipinski definition) is 3. The highest BCUT2D eigenvalue weighted by molar-refractivity contribution is 8.04. The van der Waals surface area contributed by atoms with Crippen molar-refractivity contribution in [2.45, 2.75) is 32.1 Å². The molecule has 0 aliphatic carbocycles. The van der Waals surface area contributed by atoms with Crippen LogP contribution in [0, 0.1) is 18.8 Å². The van der Waals surface area contributed by atoms with Gasteiger partial charge in [-0.15, -0.1) is 0 Å². The molecule has 0 saturated carbocycles. The van der Waals surface area contributed by atoms with Crippen molar-refractivity contribution >= 4 is 35.3 Å². The molecule has 0 bridgehead atoms. The van der Waals surface area contributed by atoms with E-state index in [0.717, 1.165) is 41.2 Å². The fourth-order valence-electron chi connectivity index (χ4n) is 4.45. The monoisotopic (exact) mass is 420 g/mol. The molecule has 2 aromatic rings. The van der Waals surface area contributed by atoms with Gasteiger partial charge in [0.25, 0.3) is 11.8 Å². The Balaban J connectivity index is 1.61. The minimum atomic E-state index is -0.0428. The highest BCUT2D eigenvalue weighted by Gasteiger charge is 2.30. The van der Waals surface area contributed by atoms with Crippen molar-refractivity contribution in [3.63, 3.8) is 0 Å². The molecule has 2 aromatic carbocycles. The van der Waals surface area contributed by atoms with Crippen LogP contribution in [0.2, 0.25) is 0 Å². The average Bonchev–Trinajstić information content (AvgIpc) is 2.70. The summed E-state index contributed by atoms with van der Waals surface area (Å²) in [4.78, 5) is 31.4. The lowest BCUT2D eigenvalue weighted by molar-refractivity contribution is -0.114. The highest BCUT2D eigenvalue weighted by Crippen LogP contribution is 2.42. The normalized spacial score (nSPS) is 22.9. The molecule has 1 fully saturated rings. The second kappa shape index (κ2) is 8.31. The van der Waals surface area contributed by atoms with Gasteiger partial charge in [0.2, 0.25) is 0 Å². The van der Waals surface area contributed by atoms with E-state index in [2.05, 4.69) is 19.9 Å². The van der Waals surface area contributed by atoms with E-state index in [1.807, 2.05) is 54.3 Å². The first kappa shape index (κ1) is 20.7. The Morgan fingerprint density at radius 3 is 2.53 bits per heavy atom. The Morgan fingerprint density at radius 2 is 1.83 bits per heavy atom. The Hall–Kier alpha value is -2.53. The number of likely N-dealkylation sites (tertiary alicyclic amines) is 1. The summed E-state index contributed by atoms with van der Waals surface area (Å²) in [5.41, 5.74) is 3.63. The first-order valence-electron chi connectivity index (χ1n) is 10.5. The van der Waals surface area contributed by atoms with Gasteiger partial charge in [0.1, 0.15) is 0 Å². The van der Waals surface area contributed by atoms with Crippen LogP contribution in [0.3, 0.4) is 0 Å². The van der Waals surface area contributed by atoms with Gasteiger partial charge in [0, 0.05) is 30.6 Å². The molecule has 1 saturated heterocycles. The van der Waals surface area contributed by atoms with Gasteiger partial charge in [0.05, 0.1) is 10.6 Å². The Bertz CT molecular complexity index is 1020. The first-order valence-corrected chi connectivity index (χ1v) is 11.3. The standard InChI is InChI=1S/C25H28N2O2S/c1-16-6-5-7-19(11-16)12-23-25(29)26(4)21-13-20(8-9-22(21)30-23)24(28)27-14-17(2)10-18(3)15-27/h5-9,11-13,17-18H,10,14-15H2,1-4H3/b23-12-. The van der Waals surface area contributed by atoms with Crippen LogP contribution in [0.15, 0.2) is 52.3 Å². The molecule has 2 heterocycles. The predicted molar refractivity (Wildman–Crippen MR) is 124 cm³/mol. The SMILES string of the molecule is Cc1cccc(/C=C2\Sc3ccc(C(=O)N4CC(C)CC(C)C4)cc3N(C)C2=O)c1. The van der Waals surface area contributed by atoms with Crippen molar-refractivity contribution < 1.29 is 9.59 Å². The van der Waals surface area contributed by atoms with Crippen LogP contribution >= 0.6 is 11.8 Å². The minimum absolute atomic E-state index is 0.0428. The van der Waals surface area contributed by atoms with Crippen molar-refractivity contribution in [1.82, 2.24) is 4.90 Å². The largest absolute Gasteiger partial charge is 0.338 e. The molecule has 4 rings (SSSR count). The maximum absolute atomic E-state index is 13.1. The first-order chi connectivity index (χ1) is 14.3. The zero-order chi connectivity index (χ0) is 21.4. The molecular weight excluding hydrogens is 392 g/mol. The van der Waals surface area contributed by atoms with E-state index in [0.29, 0.717) is 22.3 Å². The number of hydrogen-bond donors (Lipinski definition) is 0. The van der Waals surface area contributed by atoms with Crippen molar-refractivity contribution in [3.05, 3.63) is 64.1 Å². The Labute approximate surface area is 182 Å². The molecule has 30 heavy (non-hydrogen) atoms. The van der Waals surface area contributed by atoms with Gasteiger partial charge in [-0.25, -0.2) is 0 Å². The summed E-state index contributed by atoms with van der Waals surface area (Å²) in [5, 5.41) is 0. The summed E-state index contributed by atoms with van der Waals surface area (Å²) in [6.45, 7) is 8.05. The number of nitrogens with zero attached hydrogens (tertiary/aromatic N) is 2. The van der Waals surface area contributed by atoms with Gasteiger partial charge in [-0.3, -0.25) is 9.59 Å². The van der Waals surface area contributed by atoms with E-state index < -0.39 is 0 Å². The van der Waals surface area contributed by atoms with Crippen LogP contribution < -0.4 is 4.90 Å². The molecule has 4 nitrogen and oxygen atoms in total. The quantitative estimate of drug-likeness (QED) is 0.625. The van der Waals surface area contributed by atoms with Crippen molar-refractivity contribution in [3.8, 4) is 0 Å². The third-order valence-electron chi connectivity index (χ3n) is 5.80. The number of likely N-dealkylation sites (N-methyl/N-ethyl adjacent to an activating group) is 1. The molecule has 2 amide bonds. The zero-order valence-electron chi connectivity index (χ0n) is 18.0. The summed E-state index contributed by atoms with van der Waals surface area (Å²) in [7, 11) is 1.78. The number of thioether (sulfide) groups is 1. The summed E-state index contributed by atoms with van der Waals surface area (Å²) >= 11 is 1.47. The van der Waals surface area contributed by atoms with E-state index in [-0.39, 0.29) is 11.8 Å². The van der Waals surface area contributed by atoms with Crippen molar-refractivity contribution in [2.24, 2.45) is 11.8 Å². The minimum Gasteiger partial charge on any atom is -0.338 e. The fourth-order valence-corrected chi connectivity index (χ4v) is 5.54. The number of anilines is 1. The van der Waals surface area contributed by atoms with Crippen LogP contribution in [0.5, 0.6) is 0 Å². The third kappa shape index (κ3) is 4.17. The number of amides is 2. The lowest BCUT2D eigenvalue weighted by Gasteiger charge is -2.35. The topological polar surface area (TPSA) is 40.6 Å². The molecule has 0 aromatic heterocycles. The summed E-state index contributed by atoms with van der Waals surface area (Å²) in [6, 6.07) is 13.8. The molecule has 2 unspecified atom stereocenters. The molecule has 2 aliphatic rings. The summed E-state index contributed by atoms with van der Waals surface area (Å²) in [5.74, 6) is 1.05. The lowest BCUT2D eigenvalue weighted by atomic mass is 9.91. The summed E-state index contributed by atoms with van der Waals surface area (Å²) in [6.07, 6.45) is 3.10. The van der Waals surface area contributed by atoms with Gasteiger partial charge in [-0.2, -0.15) is 0 Å². The van der Waals surface area contributed by atoms with Crippen molar-refractivity contribution in [1.29, 1.82) is 0 Å². The number of carbonyl (C=O) groups is 2. The average molecular weight is 421 g/mol. The van der Waals surface area contributed by atoms with E-state index in [9.17, 15) is 9.59 Å². The Morgan fingerprint density at radius 1 is 1.10 bits per heavy atom. The molecule has 156 valence electrons. The van der Waals surface area contributed by atoms with Crippen LogP contribution in [-0.2, 0) is 4.79 Å². The van der Waals surface area contributed by atoms with Crippen LogP contribution in [0.4, 0.5) is 5.69 Å². The highest BCUT2D eigenvalue weighted by atomic mass is 32.2. The molecule has 5 heteroatoms. The number of piperidine rings is 1. The van der Waals surface area contributed by atoms with Gasteiger partial charge >= 0.3 is 0 Å². The maximum atomic E-state index is 13.1. The predicted octanol–water partition coefficient (Wildman–Crippen LogP) is 5.22. The molecule has 2 aliphatic heterocycles. The number of aryl methyl sites for hydroxylation is 1. The van der Waals surface area contributed by atoms with Crippen LogP contribution in [-0.4, -0.2) is 36.9 Å². The van der Waals surface area contributed by atoms with E-state index >= 15 is 0 Å². The second-order valence-electron chi connectivity index (χ2n) is 8.73. The third-order valence-corrected chi connectivity index (χ3v) is 6.88. The fraction of sp³-hybridized carbons (Fsp3) is 0.360. The number of benzene rings is 2. The molecule has 2 atom stereocenters. The zero-order valence-corrected chi connectivity index (χ0v) is 18.8. The molecule has 0 spiro atoms. The van der Waals surface area contributed by atoms with Gasteiger partial charge in [-0.1, -0.05) is 55.4 Å². The number of carbonyl (C=O) groups excluding carboxylic acids is 2. The van der Waals surface area contributed by atoms with Gasteiger partial charge in [0.15, 0.2) is 0 Å². The van der Waals surface area contributed by atoms with Gasteiger partial charge in [-0.05, 0) is 55.0 Å².